The number of nitrogens with one attached hydrogen (secondary N) is 1. The van der Waals surface area contributed by atoms with Crippen molar-refractivity contribution in [1.29, 1.82) is 0 Å². The Morgan fingerprint density at radius 3 is 2.29 bits per heavy atom. The number of carbonyl (C=O) groups excluding carboxylic acids is 1. The summed E-state index contributed by atoms with van der Waals surface area (Å²) in [5.41, 5.74) is 5.65. The van der Waals surface area contributed by atoms with Gasteiger partial charge in [0.05, 0.1) is 0 Å². The molecule has 1 atom stereocenters. The van der Waals surface area contributed by atoms with Gasteiger partial charge < -0.3 is 11.1 Å². The van der Waals surface area contributed by atoms with Crippen LogP contribution in [0.4, 0.5) is 0 Å². The number of carbonyl (C=O) groups is 1. The molecule has 0 aromatic rings. The van der Waals surface area contributed by atoms with Crippen LogP contribution >= 0.6 is 0 Å². The molecule has 0 radical (unpaired) electrons. The highest BCUT2D eigenvalue weighted by molar-refractivity contribution is 5.76. The summed E-state index contributed by atoms with van der Waals surface area (Å²) >= 11 is 0. The van der Waals surface area contributed by atoms with Crippen LogP contribution in [0.3, 0.4) is 0 Å². The third kappa shape index (κ3) is 4.58. The van der Waals surface area contributed by atoms with E-state index in [0.29, 0.717) is 19.5 Å². The lowest BCUT2D eigenvalue weighted by molar-refractivity contribution is -0.122. The molecule has 0 saturated carbocycles. The van der Waals surface area contributed by atoms with Gasteiger partial charge in [-0.3, -0.25) is 9.69 Å². The van der Waals surface area contributed by atoms with Gasteiger partial charge >= 0.3 is 0 Å². The van der Waals surface area contributed by atoms with Gasteiger partial charge in [0.1, 0.15) is 0 Å². The Labute approximate surface area is 86.8 Å². The van der Waals surface area contributed by atoms with E-state index in [1.54, 1.807) is 0 Å². The first-order chi connectivity index (χ1) is 6.69. The maximum atomic E-state index is 11.4. The van der Waals surface area contributed by atoms with Gasteiger partial charge in [-0.15, -0.1) is 0 Å². The van der Waals surface area contributed by atoms with Crippen LogP contribution in [0.5, 0.6) is 0 Å². The van der Waals surface area contributed by atoms with Crippen molar-refractivity contribution in [2.75, 3.05) is 26.2 Å². The van der Waals surface area contributed by atoms with Crippen LogP contribution in [0.15, 0.2) is 0 Å². The Balaban J connectivity index is 4.05. The van der Waals surface area contributed by atoms with E-state index in [0.717, 1.165) is 13.1 Å². The van der Waals surface area contributed by atoms with Gasteiger partial charge in [-0.25, -0.2) is 0 Å². The second-order valence-electron chi connectivity index (χ2n) is 3.27. The van der Waals surface area contributed by atoms with Crippen molar-refractivity contribution in [2.45, 2.75) is 33.2 Å². The van der Waals surface area contributed by atoms with E-state index in [2.05, 4.69) is 24.1 Å². The summed E-state index contributed by atoms with van der Waals surface area (Å²) in [4.78, 5) is 13.6. The van der Waals surface area contributed by atoms with Crippen molar-refractivity contribution in [3.63, 3.8) is 0 Å². The number of likely N-dealkylation sites (N-methyl/N-ethyl adjacent to an activating group) is 1. The molecule has 0 aliphatic heterocycles. The van der Waals surface area contributed by atoms with Gasteiger partial charge in [-0.2, -0.15) is 0 Å². The van der Waals surface area contributed by atoms with Gasteiger partial charge in [-0.05, 0) is 20.0 Å². The highest BCUT2D eigenvalue weighted by Gasteiger charge is 2.16. The molecule has 0 aromatic heterocycles. The Morgan fingerprint density at radius 1 is 1.36 bits per heavy atom. The zero-order valence-corrected chi connectivity index (χ0v) is 9.55. The van der Waals surface area contributed by atoms with Crippen LogP contribution in [0, 0.1) is 0 Å². The van der Waals surface area contributed by atoms with Gasteiger partial charge in [0.25, 0.3) is 0 Å². The number of hydrogen-bond acceptors (Lipinski definition) is 3. The summed E-state index contributed by atoms with van der Waals surface area (Å²) in [6.45, 7) is 9.21. The Hall–Kier alpha value is -0.610. The topological polar surface area (TPSA) is 58.4 Å². The molecule has 0 aliphatic carbocycles. The average molecular weight is 201 g/mol. The molecule has 0 heterocycles. The maximum Gasteiger partial charge on any atom is 0.221 e. The van der Waals surface area contributed by atoms with Crippen LogP contribution in [0.25, 0.3) is 0 Å². The van der Waals surface area contributed by atoms with Gasteiger partial charge in [0.2, 0.25) is 5.91 Å². The zero-order chi connectivity index (χ0) is 11.0. The van der Waals surface area contributed by atoms with E-state index in [4.69, 9.17) is 5.73 Å². The molecule has 4 nitrogen and oxygen atoms in total. The summed E-state index contributed by atoms with van der Waals surface area (Å²) in [5, 5.41) is 2.79. The number of rotatable bonds is 7. The predicted molar refractivity (Wildman–Crippen MR) is 59.1 cm³/mol. The fraction of sp³-hybridized carbons (Fsp3) is 0.900. The average Bonchev–Trinajstić information content (AvgIpc) is 2.18. The minimum Gasteiger partial charge on any atom is -0.356 e. The van der Waals surface area contributed by atoms with Crippen LogP contribution < -0.4 is 11.1 Å². The fourth-order valence-electron chi connectivity index (χ4n) is 1.58. The summed E-state index contributed by atoms with van der Waals surface area (Å²) in [6, 6.07) is 0.177. The van der Waals surface area contributed by atoms with Crippen LogP contribution in [0.1, 0.15) is 27.2 Å². The van der Waals surface area contributed by atoms with Crippen molar-refractivity contribution in [3.8, 4) is 0 Å². The van der Waals surface area contributed by atoms with Crippen molar-refractivity contribution >= 4 is 5.91 Å². The molecule has 0 bridgehead atoms. The van der Waals surface area contributed by atoms with Crippen molar-refractivity contribution < 1.29 is 4.79 Å². The first-order valence-corrected chi connectivity index (χ1v) is 5.40. The largest absolute Gasteiger partial charge is 0.356 e. The number of amides is 1. The van der Waals surface area contributed by atoms with Gasteiger partial charge in [0, 0.05) is 25.6 Å². The number of nitrogens with two attached hydrogens (primary N) is 1. The van der Waals surface area contributed by atoms with E-state index in [9.17, 15) is 4.79 Å². The van der Waals surface area contributed by atoms with E-state index >= 15 is 0 Å². The molecule has 1 amide bonds. The van der Waals surface area contributed by atoms with E-state index in [-0.39, 0.29) is 11.9 Å². The molecular weight excluding hydrogens is 178 g/mol. The first kappa shape index (κ1) is 13.4. The second kappa shape index (κ2) is 7.76. The molecule has 0 fully saturated rings. The molecule has 1 unspecified atom stereocenters. The molecule has 14 heavy (non-hydrogen) atoms. The molecule has 0 aliphatic rings. The fourth-order valence-corrected chi connectivity index (χ4v) is 1.58. The summed E-state index contributed by atoms with van der Waals surface area (Å²) in [6.07, 6.45) is 0.506. The molecule has 0 saturated heterocycles. The number of nitrogens with zero attached hydrogens (tertiary/aromatic N) is 1. The Kier molecular flexibility index (Phi) is 7.42. The first-order valence-electron chi connectivity index (χ1n) is 5.40. The minimum absolute atomic E-state index is 0.0925. The lowest BCUT2D eigenvalue weighted by Crippen LogP contribution is -2.43. The standard InChI is InChI=1S/C10H23N3O/c1-4-12-10(14)7-9(8-11)13(5-2)6-3/h9H,4-8,11H2,1-3H3,(H,12,14). The lowest BCUT2D eigenvalue weighted by atomic mass is 10.1. The third-order valence-corrected chi connectivity index (χ3v) is 2.40. The molecule has 0 aromatic carbocycles. The third-order valence-electron chi connectivity index (χ3n) is 2.40. The van der Waals surface area contributed by atoms with Crippen LogP contribution in [-0.2, 0) is 4.79 Å². The van der Waals surface area contributed by atoms with Crippen molar-refractivity contribution in [1.82, 2.24) is 10.2 Å². The van der Waals surface area contributed by atoms with E-state index in [1.807, 2.05) is 6.92 Å². The normalized spacial score (nSPS) is 12.9. The second-order valence-corrected chi connectivity index (χ2v) is 3.27. The van der Waals surface area contributed by atoms with Crippen molar-refractivity contribution in [3.05, 3.63) is 0 Å². The van der Waals surface area contributed by atoms with E-state index < -0.39 is 0 Å². The van der Waals surface area contributed by atoms with Gasteiger partial charge in [0.15, 0.2) is 0 Å². The molecule has 3 N–H and O–H groups in total. The quantitative estimate of drug-likeness (QED) is 0.618. The molecular formula is C10H23N3O. The smallest absolute Gasteiger partial charge is 0.221 e. The summed E-state index contributed by atoms with van der Waals surface area (Å²) in [5.74, 6) is 0.0925. The molecule has 0 rings (SSSR count). The zero-order valence-electron chi connectivity index (χ0n) is 9.55. The Bertz CT molecular complexity index is 157. The number of hydrogen-bond donors (Lipinski definition) is 2. The molecule has 4 heteroatoms. The highest BCUT2D eigenvalue weighted by Crippen LogP contribution is 2.02. The van der Waals surface area contributed by atoms with Gasteiger partial charge in [-0.1, -0.05) is 13.8 Å². The highest BCUT2D eigenvalue weighted by atomic mass is 16.1. The lowest BCUT2D eigenvalue weighted by Gasteiger charge is -2.27. The van der Waals surface area contributed by atoms with Crippen molar-refractivity contribution in [2.24, 2.45) is 5.73 Å². The summed E-state index contributed by atoms with van der Waals surface area (Å²) < 4.78 is 0. The van der Waals surface area contributed by atoms with Crippen LogP contribution in [-0.4, -0.2) is 43.0 Å². The Morgan fingerprint density at radius 2 is 1.93 bits per heavy atom. The monoisotopic (exact) mass is 201 g/mol. The van der Waals surface area contributed by atoms with E-state index in [1.165, 1.54) is 0 Å². The SMILES string of the molecule is CCNC(=O)CC(CN)N(CC)CC. The predicted octanol–water partition coefficient (Wildman–Crippen LogP) is 0.182. The molecule has 84 valence electrons. The molecule has 0 spiro atoms. The summed E-state index contributed by atoms with van der Waals surface area (Å²) in [7, 11) is 0. The van der Waals surface area contributed by atoms with Crippen LogP contribution in [0.2, 0.25) is 0 Å². The minimum atomic E-state index is 0.0925. The maximum absolute atomic E-state index is 11.4.